The van der Waals surface area contributed by atoms with Gasteiger partial charge in [-0.1, -0.05) is 0 Å². The van der Waals surface area contributed by atoms with E-state index >= 15 is 0 Å². The standard InChI is InChI=1S/C14H16N4/c1-2-12(14-10-16-7-8-17-14)11-18(9-1)13-3-5-15-6-4-13/h3-8,10,12H,1-2,9,11H2/t12-/m0/s1. The van der Waals surface area contributed by atoms with Crippen molar-refractivity contribution in [2.24, 2.45) is 0 Å². The lowest BCUT2D eigenvalue weighted by atomic mass is 9.95. The van der Waals surface area contributed by atoms with Crippen LogP contribution in [0.5, 0.6) is 0 Å². The minimum Gasteiger partial charge on any atom is -0.371 e. The van der Waals surface area contributed by atoms with E-state index < -0.39 is 0 Å². The first-order valence-electron chi connectivity index (χ1n) is 6.34. The first-order valence-corrected chi connectivity index (χ1v) is 6.34. The molecule has 18 heavy (non-hydrogen) atoms. The van der Waals surface area contributed by atoms with Gasteiger partial charge < -0.3 is 4.90 Å². The van der Waals surface area contributed by atoms with E-state index in [1.807, 2.05) is 18.6 Å². The molecule has 2 aromatic heterocycles. The second-order valence-electron chi connectivity index (χ2n) is 4.62. The maximum absolute atomic E-state index is 4.43. The van der Waals surface area contributed by atoms with Gasteiger partial charge in [0.15, 0.2) is 0 Å². The van der Waals surface area contributed by atoms with Gasteiger partial charge in [0.2, 0.25) is 0 Å². The van der Waals surface area contributed by atoms with Gasteiger partial charge >= 0.3 is 0 Å². The van der Waals surface area contributed by atoms with Crippen molar-refractivity contribution in [3.05, 3.63) is 48.8 Å². The molecular formula is C14H16N4. The molecule has 0 radical (unpaired) electrons. The molecule has 92 valence electrons. The molecule has 0 bridgehead atoms. The summed E-state index contributed by atoms with van der Waals surface area (Å²) in [4.78, 5) is 15.1. The van der Waals surface area contributed by atoms with Crippen molar-refractivity contribution >= 4 is 5.69 Å². The predicted octanol–water partition coefficient (Wildman–Crippen LogP) is 2.26. The van der Waals surface area contributed by atoms with Gasteiger partial charge in [-0.05, 0) is 25.0 Å². The number of pyridine rings is 1. The van der Waals surface area contributed by atoms with E-state index in [-0.39, 0.29) is 0 Å². The summed E-state index contributed by atoms with van der Waals surface area (Å²) in [6.07, 6.45) is 11.5. The Kier molecular flexibility index (Phi) is 3.17. The molecule has 1 saturated heterocycles. The Morgan fingerprint density at radius 1 is 1.06 bits per heavy atom. The Labute approximate surface area is 107 Å². The van der Waals surface area contributed by atoms with Crippen LogP contribution >= 0.6 is 0 Å². The predicted molar refractivity (Wildman–Crippen MR) is 70.5 cm³/mol. The van der Waals surface area contributed by atoms with E-state index in [9.17, 15) is 0 Å². The fourth-order valence-corrected chi connectivity index (χ4v) is 2.53. The van der Waals surface area contributed by atoms with E-state index in [2.05, 4.69) is 32.0 Å². The van der Waals surface area contributed by atoms with E-state index in [0.29, 0.717) is 5.92 Å². The van der Waals surface area contributed by atoms with Gasteiger partial charge in [0.1, 0.15) is 0 Å². The van der Waals surface area contributed by atoms with Crippen LogP contribution in [0.4, 0.5) is 5.69 Å². The molecular weight excluding hydrogens is 224 g/mol. The van der Waals surface area contributed by atoms with E-state index in [4.69, 9.17) is 0 Å². The molecule has 3 heterocycles. The number of hydrogen-bond donors (Lipinski definition) is 0. The van der Waals surface area contributed by atoms with Crippen molar-refractivity contribution < 1.29 is 0 Å². The smallest absolute Gasteiger partial charge is 0.0635 e. The molecule has 2 aromatic rings. The van der Waals surface area contributed by atoms with Gasteiger partial charge in [0.25, 0.3) is 0 Å². The van der Waals surface area contributed by atoms with Gasteiger partial charge in [-0.25, -0.2) is 0 Å². The van der Waals surface area contributed by atoms with Crippen LogP contribution < -0.4 is 4.90 Å². The van der Waals surface area contributed by atoms with Gasteiger partial charge in [-0.15, -0.1) is 0 Å². The van der Waals surface area contributed by atoms with Crippen LogP contribution in [0.2, 0.25) is 0 Å². The fourth-order valence-electron chi connectivity index (χ4n) is 2.53. The number of rotatable bonds is 2. The number of nitrogens with zero attached hydrogens (tertiary/aromatic N) is 4. The van der Waals surface area contributed by atoms with Crippen LogP contribution in [0.15, 0.2) is 43.1 Å². The lowest BCUT2D eigenvalue weighted by Gasteiger charge is -2.33. The minimum absolute atomic E-state index is 0.487. The summed E-state index contributed by atoms with van der Waals surface area (Å²) in [5, 5.41) is 0. The number of piperidine rings is 1. The summed E-state index contributed by atoms with van der Waals surface area (Å²) in [5.74, 6) is 0.487. The molecule has 0 spiro atoms. The van der Waals surface area contributed by atoms with E-state index in [0.717, 1.165) is 18.8 Å². The van der Waals surface area contributed by atoms with Crippen molar-refractivity contribution in [3.8, 4) is 0 Å². The molecule has 0 aromatic carbocycles. The van der Waals surface area contributed by atoms with Gasteiger partial charge in [0, 0.05) is 55.7 Å². The molecule has 4 nitrogen and oxygen atoms in total. The molecule has 1 fully saturated rings. The summed E-state index contributed by atoms with van der Waals surface area (Å²) >= 11 is 0. The zero-order valence-corrected chi connectivity index (χ0v) is 10.2. The molecule has 0 unspecified atom stereocenters. The molecule has 0 amide bonds. The normalized spacial score (nSPS) is 19.8. The van der Waals surface area contributed by atoms with Crippen LogP contribution in [0, 0.1) is 0 Å². The summed E-state index contributed by atoms with van der Waals surface area (Å²) in [6, 6.07) is 4.14. The molecule has 0 saturated carbocycles. The quantitative estimate of drug-likeness (QED) is 0.807. The molecule has 3 rings (SSSR count). The average molecular weight is 240 g/mol. The molecule has 0 aliphatic carbocycles. The lowest BCUT2D eigenvalue weighted by Crippen LogP contribution is -2.34. The third-order valence-electron chi connectivity index (χ3n) is 3.45. The zero-order valence-electron chi connectivity index (χ0n) is 10.2. The topological polar surface area (TPSA) is 41.9 Å². The third-order valence-corrected chi connectivity index (χ3v) is 3.45. The van der Waals surface area contributed by atoms with E-state index in [1.54, 1.807) is 12.4 Å². The highest BCUT2D eigenvalue weighted by molar-refractivity contribution is 5.45. The van der Waals surface area contributed by atoms with Gasteiger partial charge in [-0.2, -0.15) is 0 Å². The molecule has 1 aliphatic rings. The van der Waals surface area contributed by atoms with Crippen LogP contribution in [0.3, 0.4) is 0 Å². The van der Waals surface area contributed by atoms with Crippen LogP contribution in [0.25, 0.3) is 0 Å². The summed E-state index contributed by atoms with van der Waals surface area (Å²) in [6.45, 7) is 2.13. The Morgan fingerprint density at radius 2 is 1.94 bits per heavy atom. The van der Waals surface area contributed by atoms with Crippen molar-refractivity contribution in [3.63, 3.8) is 0 Å². The summed E-state index contributed by atoms with van der Waals surface area (Å²) < 4.78 is 0. The summed E-state index contributed by atoms with van der Waals surface area (Å²) in [7, 11) is 0. The van der Waals surface area contributed by atoms with Gasteiger partial charge in [-0.3, -0.25) is 15.0 Å². The maximum Gasteiger partial charge on any atom is 0.0635 e. The Morgan fingerprint density at radius 3 is 2.72 bits per heavy atom. The van der Waals surface area contributed by atoms with Gasteiger partial charge in [0.05, 0.1) is 5.69 Å². The van der Waals surface area contributed by atoms with Crippen LogP contribution in [0.1, 0.15) is 24.5 Å². The summed E-state index contributed by atoms with van der Waals surface area (Å²) in [5.41, 5.74) is 2.36. The molecule has 4 heteroatoms. The number of hydrogen-bond acceptors (Lipinski definition) is 4. The van der Waals surface area contributed by atoms with Crippen LogP contribution in [-0.4, -0.2) is 28.0 Å². The molecule has 1 aliphatic heterocycles. The SMILES string of the molecule is c1cc(N2CCC[C@H](c3cnccn3)C2)ccn1. The third kappa shape index (κ3) is 2.32. The first kappa shape index (κ1) is 11.1. The highest BCUT2D eigenvalue weighted by Crippen LogP contribution is 2.28. The molecule has 1 atom stereocenters. The number of anilines is 1. The van der Waals surface area contributed by atoms with Crippen molar-refractivity contribution in [1.29, 1.82) is 0 Å². The number of aromatic nitrogens is 3. The molecule has 0 N–H and O–H groups in total. The van der Waals surface area contributed by atoms with E-state index in [1.165, 1.54) is 18.5 Å². The first-order chi connectivity index (χ1) is 8.93. The van der Waals surface area contributed by atoms with Crippen molar-refractivity contribution in [1.82, 2.24) is 15.0 Å². The maximum atomic E-state index is 4.43. The average Bonchev–Trinajstić information content (AvgIpc) is 2.49. The van der Waals surface area contributed by atoms with Crippen LogP contribution in [-0.2, 0) is 0 Å². The largest absolute Gasteiger partial charge is 0.371 e. The lowest BCUT2D eigenvalue weighted by molar-refractivity contribution is 0.500. The zero-order chi connectivity index (χ0) is 12.2. The second-order valence-corrected chi connectivity index (χ2v) is 4.62. The Bertz CT molecular complexity index is 440. The highest BCUT2D eigenvalue weighted by atomic mass is 15.1. The Balaban J connectivity index is 1.77. The fraction of sp³-hybridized carbons (Fsp3) is 0.357. The van der Waals surface area contributed by atoms with Crippen molar-refractivity contribution in [2.45, 2.75) is 18.8 Å². The highest BCUT2D eigenvalue weighted by Gasteiger charge is 2.22. The second kappa shape index (κ2) is 5.12. The Hall–Kier alpha value is -1.97. The monoisotopic (exact) mass is 240 g/mol. The minimum atomic E-state index is 0.487. The van der Waals surface area contributed by atoms with Crippen molar-refractivity contribution in [2.75, 3.05) is 18.0 Å².